The Balaban J connectivity index is 1.24. The maximum Gasteiger partial charge on any atom is 0.270 e. The summed E-state index contributed by atoms with van der Waals surface area (Å²) in [6, 6.07) is 9.66. The predicted molar refractivity (Wildman–Crippen MR) is 130 cm³/mol. The SMILES string of the molecule is COc1cc(CNC(=O)c2cc(C3=NOC(c4ccc(C5=NC(C)NO5)nc4)C3)nc(C)n2)ccc1F. The molecule has 190 valence electrons. The van der Waals surface area contributed by atoms with Crippen LogP contribution in [0.1, 0.15) is 58.3 Å². The van der Waals surface area contributed by atoms with Crippen molar-refractivity contribution in [1.29, 1.82) is 0 Å². The molecule has 0 radical (unpaired) electrons. The van der Waals surface area contributed by atoms with Gasteiger partial charge in [-0.3, -0.25) is 9.78 Å². The lowest BCUT2D eigenvalue weighted by molar-refractivity contribution is 0.0854. The standard InChI is InChI=1S/C25H24FN7O4/c1-13-29-19(9-21(30-13)24(34)28-11-15-4-6-17(26)23(8-15)35-3)20-10-22(36-33-20)16-5-7-18(27-12-16)25-31-14(2)32-37-25/h4-9,12,14,22,32H,10-11H2,1-3H3,(H,28,34). The van der Waals surface area contributed by atoms with Gasteiger partial charge >= 0.3 is 0 Å². The maximum absolute atomic E-state index is 13.6. The van der Waals surface area contributed by atoms with Crippen molar-refractivity contribution in [3.05, 3.63) is 82.4 Å². The van der Waals surface area contributed by atoms with E-state index in [1.807, 2.05) is 19.1 Å². The monoisotopic (exact) mass is 505 g/mol. The van der Waals surface area contributed by atoms with Crippen molar-refractivity contribution in [2.45, 2.75) is 39.1 Å². The van der Waals surface area contributed by atoms with Gasteiger partial charge in [-0.1, -0.05) is 17.3 Å². The number of methoxy groups -OCH3 is 1. The van der Waals surface area contributed by atoms with Gasteiger partial charge in [-0.2, -0.15) is 0 Å². The topological polar surface area (TPSA) is 132 Å². The van der Waals surface area contributed by atoms with E-state index in [4.69, 9.17) is 14.4 Å². The first kappa shape index (κ1) is 24.3. The fourth-order valence-electron chi connectivity index (χ4n) is 3.84. The Morgan fingerprint density at radius 1 is 1.22 bits per heavy atom. The van der Waals surface area contributed by atoms with Crippen LogP contribution in [-0.4, -0.2) is 45.7 Å². The Morgan fingerprint density at radius 2 is 2.08 bits per heavy atom. The first-order valence-electron chi connectivity index (χ1n) is 11.6. The van der Waals surface area contributed by atoms with Gasteiger partial charge in [0.05, 0.1) is 12.8 Å². The van der Waals surface area contributed by atoms with E-state index in [2.05, 4.69) is 35.9 Å². The van der Waals surface area contributed by atoms with Crippen molar-refractivity contribution in [3.63, 3.8) is 0 Å². The minimum Gasteiger partial charge on any atom is -0.494 e. The molecular weight excluding hydrogens is 481 g/mol. The van der Waals surface area contributed by atoms with E-state index in [1.165, 1.54) is 19.2 Å². The summed E-state index contributed by atoms with van der Waals surface area (Å²) in [5.74, 6) is 0.0968. The summed E-state index contributed by atoms with van der Waals surface area (Å²) in [4.78, 5) is 41.2. The number of aromatic nitrogens is 3. The molecule has 0 saturated carbocycles. The molecule has 2 aliphatic rings. The van der Waals surface area contributed by atoms with Crippen LogP contribution < -0.4 is 15.5 Å². The highest BCUT2D eigenvalue weighted by Gasteiger charge is 2.27. The van der Waals surface area contributed by atoms with Gasteiger partial charge in [-0.25, -0.2) is 19.4 Å². The molecule has 5 rings (SSSR count). The molecule has 4 heterocycles. The van der Waals surface area contributed by atoms with Crippen molar-refractivity contribution < 1.29 is 23.6 Å². The summed E-state index contributed by atoms with van der Waals surface area (Å²) in [6.07, 6.45) is 1.67. The quantitative estimate of drug-likeness (QED) is 0.501. The van der Waals surface area contributed by atoms with Crippen LogP contribution in [-0.2, 0) is 16.2 Å². The number of hydroxylamine groups is 1. The van der Waals surface area contributed by atoms with E-state index in [0.29, 0.717) is 40.8 Å². The van der Waals surface area contributed by atoms with Crippen LogP contribution in [0.4, 0.5) is 4.39 Å². The second-order valence-electron chi connectivity index (χ2n) is 8.48. The van der Waals surface area contributed by atoms with Crippen molar-refractivity contribution in [2.75, 3.05) is 7.11 Å². The van der Waals surface area contributed by atoms with E-state index < -0.39 is 11.7 Å². The summed E-state index contributed by atoms with van der Waals surface area (Å²) in [6.45, 7) is 3.75. The molecule has 11 nitrogen and oxygen atoms in total. The van der Waals surface area contributed by atoms with Crippen molar-refractivity contribution in [1.82, 2.24) is 25.7 Å². The van der Waals surface area contributed by atoms with Gasteiger partial charge in [0.2, 0.25) is 0 Å². The summed E-state index contributed by atoms with van der Waals surface area (Å²) < 4.78 is 18.6. The van der Waals surface area contributed by atoms with Crippen LogP contribution in [0.15, 0.2) is 52.7 Å². The molecule has 2 aliphatic heterocycles. The lowest BCUT2D eigenvalue weighted by Gasteiger charge is -2.09. The Labute approximate surface area is 211 Å². The van der Waals surface area contributed by atoms with Crippen LogP contribution in [0.3, 0.4) is 0 Å². The average Bonchev–Trinajstić information content (AvgIpc) is 3.57. The zero-order valence-corrected chi connectivity index (χ0v) is 20.4. The third-order valence-corrected chi connectivity index (χ3v) is 5.72. The van der Waals surface area contributed by atoms with E-state index >= 15 is 0 Å². The lowest BCUT2D eigenvalue weighted by atomic mass is 10.0. The van der Waals surface area contributed by atoms with Crippen LogP contribution in [0, 0.1) is 12.7 Å². The third-order valence-electron chi connectivity index (χ3n) is 5.72. The Hall–Kier alpha value is -4.45. The number of carbonyl (C=O) groups is 1. The average molecular weight is 506 g/mol. The van der Waals surface area contributed by atoms with Gasteiger partial charge in [0.25, 0.3) is 11.8 Å². The highest BCUT2D eigenvalue weighted by molar-refractivity contribution is 6.02. The predicted octanol–water partition coefficient (Wildman–Crippen LogP) is 2.75. The van der Waals surface area contributed by atoms with Gasteiger partial charge in [0.15, 0.2) is 17.7 Å². The number of halogens is 1. The number of nitrogens with zero attached hydrogens (tertiary/aromatic N) is 5. The second-order valence-corrected chi connectivity index (χ2v) is 8.48. The Kier molecular flexibility index (Phi) is 6.73. The molecule has 2 unspecified atom stereocenters. The molecule has 1 amide bonds. The van der Waals surface area contributed by atoms with Crippen LogP contribution in [0.5, 0.6) is 5.75 Å². The highest BCUT2D eigenvalue weighted by Crippen LogP contribution is 2.29. The minimum absolute atomic E-state index is 0.109. The van der Waals surface area contributed by atoms with Gasteiger partial charge < -0.3 is 19.7 Å². The summed E-state index contributed by atoms with van der Waals surface area (Å²) >= 11 is 0. The molecule has 0 spiro atoms. The molecule has 0 saturated heterocycles. The molecule has 2 N–H and O–H groups in total. The molecule has 12 heteroatoms. The smallest absolute Gasteiger partial charge is 0.270 e. The molecule has 0 aliphatic carbocycles. The van der Waals surface area contributed by atoms with Crippen molar-refractivity contribution >= 4 is 17.5 Å². The van der Waals surface area contributed by atoms with Crippen molar-refractivity contribution in [2.24, 2.45) is 10.1 Å². The molecule has 3 aromatic rings. The number of carbonyl (C=O) groups excluding carboxylic acids is 1. The lowest BCUT2D eigenvalue weighted by Crippen LogP contribution is -2.25. The number of rotatable bonds is 7. The first-order chi connectivity index (χ1) is 17.9. The number of amides is 1. The number of ether oxygens (including phenoxy) is 1. The summed E-state index contributed by atoms with van der Waals surface area (Å²) in [7, 11) is 1.39. The number of oxime groups is 1. The number of aliphatic imine (C=N–C) groups is 1. The summed E-state index contributed by atoms with van der Waals surface area (Å²) in [5.41, 5.74) is 6.17. The molecule has 0 fully saturated rings. The van der Waals surface area contributed by atoms with Gasteiger partial charge in [-0.05, 0) is 43.7 Å². The largest absolute Gasteiger partial charge is 0.494 e. The number of aryl methyl sites for hydroxylation is 1. The van der Waals surface area contributed by atoms with E-state index in [1.54, 1.807) is 25.3 Å². The van der Waals surface area contributed by atoms with Crippen LogP contribution >= 0.6 is 0 Å². The van der Waals surface area contributed by atoms with Crippen molar-refractivity contribution in [3.8, 4) is 5.75 Å². The number of benzene rings is 1. The minimum atomic E-state index is -0.470. The van der Waals surface area contributed by atoms with E-state index in [-0.39, 0.29) is 30.3 Å². The molecule has 0 bridgehead atoms. The van der Waals surface area contributed by atoms with Gasteiger partial charge in [0, 0.05) is 24.7 Å². The first-order valence-corrected chi connectivity index (χ1v) is 11.6. The normalized spacial score (nSPS) is 18.5. The Bertz CT molecular complexity index is 1390. The summed E-state index contributed by atoms with van der Waals surface area (Å²) in [5, 5.41) is 6.98. The third kappa shape index (κ3) is 5.38. The number of hydrogen-bond acceptors (Lipinski definition) is 10. The van der Waals surface area contributed by atoms with Crippen LogP contribution in [0.25, 0.3) is 0 Å². The van der Waals surface area contributed by atoms with E-state index in [9.17, 15) is 9.18 Å². The molecule has 37 heavy (non-hydrogen) atoms. The number of pyridine rings is 1. The fraction of sp³-hybridized carbons (Fsp3) is 0.280. The molecule has 2 atom stereocenters. The number of hydrogen-bond donors (Lipinski definition) is 2. The van der Waals surface area contributed by atoms with Gasteiger partial charge in [-0.15, -0.1) is 5.48 Å². The maximum atomic E-state index is 13.6. The van der Waals surface area contributed by atoms with E-state index in [0.717, 1.165) is 5.56 Å². The highest BCUT2D eigenvalue weighted by atomic mass is 19.1. The van der Waals surface area contributed by atoms with Crippen LogP contribution in [0.2, 0.25) is 0 Å². The zero-order valence-electron chi connectivity index (χ0n) is 20.4. The molecule has 2 aromatic heterocycles. The molecular formula is C25H24FN7O4. The fourth-order valence-corrected chi connectivity index (χ4v) is 3.84. The number of nitrogens with one attached hydrogen (secondary N) is 2. The molecule has 1 aromatic carbocycles. The zero-order chi connectivity index (χ0) is 25.9. The van der Waals surface area contributed by atoms with Gasteiger partial charge in [0.1, 0.15) is 29.1 Å². The second kappa shape index (κ2) is 10.3. The Morgan fingerprint density at radius 3 is 2.81 bits per heavy atom.